The molecule has 0 heterocycles. The number of anilines is 1. The lowest BCUT2D eigenvalue weighted by atomic mass is 10.3. The van der Waals surface area contributed by atoms with Crippen LogP contribution >= 0.6 is 23.2 Å². The van der Waals surface area contributed by atoms with Gasteiger partial charge in [-0.25, -0.2) is 4.79 Å². The van der Waals surface area contributed by atoms with Gasteiger partial charge in [0.25, 0.3) is 0 Å². The summed E-state index contributed by atoms with van der Waals surface area (Å²) in [7, 11) is 0. The predicted octanol–water partition coefficient (Wildman–Crippen LogP) is 4.11. The summed E-state index contributed by atoms with van der Waals surface area (Å²) >= 11 is 11.6. The fourth-order valence-electron chi connectivity index (χ4n) is 1.34. The zero-order valence-corrected chi connectivity index (χ0v) is 11.2. The van der Waals surface area contributed by atoms with Gasteiger partial charge < -0.3 is 10.2 Å². The van der Waals surface area contributed by atoms with Gasteiger partial charge in [0.05, 0.1) is 5.02 Å². The molecule has 2 aromatic carbocycles. The highest BCUT2D eigenvalue weighted by Crippen LogP contribution is 2.26. The highest BCUT2D eigenvalue weighted by molar-refractivity contribution is 6.35. The minimum atomic E-state index is -0.503. The Balaban J connectivity index is 1.90. The molecule has 0 unspecified atom stereocenters. The number of hydrogen-bond acceptors (Lipinski definition) is 2. The minimum Gasteiger partial charge on any atom is -0.376 e. The highest BCUT2D eigenvalue weighted by Gasteiger charge is 2.05. The maximum atomic E-state index is 11.5. The van der Waals surface area contributed by atoms with Crippen molar-refractivity contribution in [1.29, 1.82) is 0 Å². The van der Waals surface area contributed by atoms with Gasteiger partial charge in [-0.3, -0.25) is 0 Å². The minimum absolute atomic E-state index is 0.313. The van der Waals surface area contributed by atoms with Crippen molar-refractivity contribution in [2.45, 2.75) is 0 Å². The molecule has 2 N–H and O–H groups in total. The van der Waals surface area contributed by atoms with Crippen LogP contribution in [0.2, 0.25) is 10.0 Å². The Morgan fingerprint density at radius 3 is 2.47 bits per heavy atom. The van der Waals surface area contributed by atoms with Crippen molar-refractivity contribution < 1.29 is 9.63 Å². The Bertz CT molecular complexity index is 576. The molecule has 6 heteroatoms. The van der Waals surface area contributed by atoms with Crippen LogP contribution in [-0.2, 0) is 0 Å². The van der Waals surface area contributed by atoms with Gasteiger partial charge in [-0.2, -0.15) is 5.48 Å². The number of hydrogen-bond donors (Lipinski definition) is 2. The van der Waals surface area contributed by atoms with E-state index in [1.807, 2.05) is 18.2 Å². The van der Waals surface area contributed by atoms with Gasteiger partial charge in [0.1, 0.15) is 0 Å². The van der Waals surface area contributed by atoms with Crippen LogP contribution in [0.4, 0.5) is 10.5 Å². The molecule has 0 saturated heterocycles. The molecule has 0 aliphatic rings. The Morgan fingerprint density at radius 2 is 1.79 bits per heavy atom. The number of carbonyl (C=O) groups excluding carboxylic acids is 1. The summed E-state index contributed by atoms with van der Waals surface area (Å²) in [5.41, 5.74) is 2.89. The largest absolute Gasteiger partial charge is 0.376 e. The molecular weight excluding hydrogens is 287 g/mol. The van der Waals surface area contributed by atoms with Crippen LogP contribution in [0.1, 0.15) is 0 Å². The average Bonchev–Trinajstić information content (AvgIpc) is 2.39. The van der Waals surface area contributed by atoms with Gasteiger partial charge in [-0.1, -0.05) is 41.4 Å². The van der Waals surface area contributed by atoms with Crippen LogP contribution in [0, 0.1) is 0 Å². The average molecular weight is 297 g/mol. The molecule has 0 aromatic heterocycles. The lowest BCUT2D eigenvalue weighted by Crippen LogP contribution is -2.31. The van der Waals surface area contributed by atoms with Gasteiger partial charge in [0.15, 0.2) is 5.75 Å². The molecule has 2 amide bonds. The maximum Gasteiger partial charge on any atom is 0.352 e. The molecule has 98 valence electrons. The summed E-state index contributed by atoms with van der Waals surface area (Å²) in [6, 6.07) is 13.2. The zero-order chi connectivity index (χ0) is 13.7. The predicted molar refractivity (Wildman–Crippen MR) is 75.7 cm³/mol. The van der Waals surface area contributed by atoms with Crippen LogP contribution < -0.4 is 15.6 Å². The first-order valence-electron chi connectivity index (χ1n) is 5.39. The molecule has 0 aliphatic carbocycles. The standard InChI is InChI=1S/C13H10Cl2N2O2/c14-9-6-7-12(11(15)8-9)19-17-13(18)16-10-4-2-1-3-5-10/h1-8H,(H2,16,17,18). The highest BCUT2D eigenvalue weighted by atomic mass is 35.5. The molecule has 2 aromatic rings. The van der Waals surface area contributed by atoms with E-state index in [0.29, 0.717) is 21.5 Å². The Hall–Kier alpha value is -1.91. The SMILES string of the molecule is O=C(NOc1ccc(Cl)cc1Cl)Nc1ccccc1. The second kappa shape index (κ2) is 6.31. The summed E-state index contributed by atoms with van der Waals surface area (Å²) in [5, 5.41) is 3.40. The quantitative estimate of drug-likeness (QED) is 0.838. The number of carbonyl (C=O) groups is 1. The Morgan fingerprint density at radius 1 is 1.05 bits per heavy atom. The van der Waals surface area contributed by atoms with E-state index in [4.69, 9.17) is 28.0 Å². The summed E-state index contributed by atoms with van der Waals surface area (Å²) in [6.07, 6.45) is 0. The lowest BCUT2D eigenvalue weighted by molar-refractivity contribution is 0.189. The number of nitrogens with one attached hydrogen (secondary N) is 2. The fraction of sp³-hybridized carbons (Fsp3) is 0. The monoisotopic (exact) mass is 296 g/mol. The molecule has 0 bridgehead atoms. The summed E-state index contributed by atoms with van der Waals surface area (Å²) < 4.78 is 0. The van der Waals surface area contributed by atoms with Crippen LogP contribution in [0.5, 0.6) is 5.75 Å². The molecular formula is C13H10Cl2N2O2. The van der Waals surface area contributed by atoms with Crippen molar-refractivity contribution in [2.75, 3.05) is 5.32 Å². The van der Waals surface area contributed by atoms with Crippen molar-refractivity contribution in [3.8, 4) is 5.75 Å². The van der Waals surface area contributed by atoms with Crippen LogP contribution in [0.15, 0.2) is 48.5 Å². The third-order valence-electron chi connectivity index (χ3n) is 2.18. The first-order chi connectivity index (χ1) is 9.15. The second-order valence-corrected chi connectivity index (χ2v) is 4.44. The normalized spacial score (nSPS) is 9.79. The van der Waals surface area contributed by atoms with Gasteiger partial charge in [0, 0.05) is 10.7 Å². The van der Waals surface area contributed by atoms with E-state index in [1.165, 1.54) is 6.07 Å². The topological polar surface area (TPSA) is 50.4 Å². The fourth-order valence-corrected chi connectivity index (χ4v) is 1.78. The van der Waals surface area contributed by atoms with Gasteiger partial charge in [-0.15, -0.1) is 0 Å². The molecule has 0 spiro atoms. The van der Waals surface area contributed by atoms with E-state index in [2.05, 4.69) is 10.8 Å². The van der Waals surface area contributed by atoms with Crippen molar-refractivity contribution >= 4 is 34.9 Å². The van der Waals surface area contributed by atoms with Gasteiger partial charge >= 0.3 is 6.03 Å². The molecule has 0 radical (unpaired) electrons. The maximum absolute atomic E-state index is 11.5. The molecule has 4 nitrogen and oxygen atoms in total. The number of halogens is 2. The summed E-state index contributed by atoms with van der Waals surface area (Å²) in [4.78, 5) is 16.6. The van der Waals surface area contributed by atoms with Crippen molar-refractivity contribution in [2.24, 2.45) is 0 Å². The molecule has 0 saturated carbocycles. The van der Waals surface area contributed by atoms with Gasteiger partial charge in [0.2, 0.25) is 0 Å². The van der Waals surface area contributed by atoms with E-state index in [0.717, 1.165) is 0 Å². The number of amides is 2. The number of urea groups is 1. The van der Waals surface area contributed by atoms with E-state index in [9.17, 15) is 4.79 Å². The van der Waals surface area contributed by atoms with Crippen LogP contribution in [-0.4, -0.2) is 6.03 Å². The zero-order valence-electron chi connectivity index (χ0n) is 9.69. The van der Waals surface area contributed by atoms with Crippen molar-refractivity contribution in [1.82, 2.24) is 5.48 Å². The first-order valence-corrected chi connectivity index (χ1v) is 6.14. The van der Waals surface area contributed by atoms with Gasteiger partial charge in [-0.05, 0) is 30.3 Å². The number of benzene rings is 2. The third kappa shape index (κ3) is 4.05. The first kappa shape index (κ1) is 13.5. The molecule has 0 aliphatic heterocycles. The van der Waals surface area contributed by atoms with Crippen molar-refractivity contribution in [3.05, 3.63) is 58.6 Å². The molecule has 19 heavy (non-hydrogen) atoms. The number of para-hydroxylation sites is 1. The smallest absolute Gasteiger partial charge is 0.352 e. The van der Waals surface area contributed by atoms with E-state index >= 15 is 0 Å². The Kier molecular flexibility index (Phi) is 4.49. The second-order valence-electron chi connectivity index (χ2n) is 3.60. The Labute approximate surface area is 120 Å². The lowest BCUT2D eigenvalue weighted by Gasteiger charge is -2.09. The number of rotatable bonds is 3. The van der Waals surface area contributed by atoms with E-state index in [1.54, 1.807) is 24.3 Å². The molecule has 0 atom stereocenters. The summed E-state index contributed by atoms with van der Waals surface area (Å²) in [6.45, 7) is 0. The summed E-state index contributed by atoms with van der Waals surface area (Å²) in [5.74, 6) is 0.314. The number of hydroxylamine groups is 1. The van der Waals surface area contributed by atoms with Crippen molar-refractivity contribution in [3.63, 3.8) is 0 Å². The molecule has 0 fully saturated rings. The van der Waals surface area contributed by atoms with Crippen LogP contribution in [0.25, 0.3) is 0 Å². The van der Waals surface area contributed by atoms with E-state index in [-0.39, 0.29) is 0 Å². The molecule has 2 rings (SSSR count). The third-order valence-corrected chi connectivity index (χ3v) is 2.71. The van der Waals surface area contributed by atoms with E-state index < -0.39 is 6.03 Å². The van der Waals surface area contributed by atoms with Crippen LogP contribution in [0.3, 0.4) is 0 Å².